The second kappa shape index (κ2) is 5.41. The average Bonchev–Trinajstić information content (AvgIpc) is 2.96. The smallest absolute Gasteiger partial charge is 0.259 e. The number of methoxy groups -OCH3 is 1. The van der Waals surface area contributed by atoms with Crippen molar-refractivity contribution in [2.45, 2.75) is 0 Å². The average molecular weight is 304 g/mol. The molecule has 7 heteroatoms. The van der Waals surface area contributed by atoms with Gasteiger partial charge in [-0.25, -0.2) is 0 Å². The van der Waals surface area contributed by atoms with Gasteiger partial charge in [0.1, 0.15) is 11.5 Å². The zero-order chi connectivity index (χ0) is 14.8. The third-order valence-electron chi connectivity index (χ3n) is 2.80. The molecule has 106 valence electrons. The number of aromatic hydroxyl groups is 1. The first kappa shape index (κ1) is 13.4. The normalized spacial score (nSPS) is 10.6. The molecule has 3 aromatic rings. The second-order valence-corrected chi connectivity index (χ2v) is 4.64. The summed E-state index contributed by atoms with van der Waals surface area (Å²) < 4.78 is 10.4. The maximum absolute atomic E-state index is 9.42. The Labute approximate surface area is 125 Å². The van der Waals surface area contributed by atoms with E-state index < -0.39 is 0 Å². The highest BCUT2D eigenvalue weighted by atomic mass is 35.5. The van der Waals surface area contributed by atoms with Crippen LogP contribution in [0.3, 0.4) is 0 Å². The maximum Gasteiger partial charge on any atom is 0.259 e. The van der Waals surface area contributed by atoms with E-state index in [4.69, 9.17) is 20.9 Å². The van der Waals surface area contributed by atoms with Crippen LogP contribution in [0.4, 0.5) is 0 Å². The lowest BCUT2D eigenvalue weighted by molar-refractivity contribution is 0.413. The Morgan fingerprint density at radius 3 is 2.86 bits per heavy atom. The first-order chi connectivity index (χ1) is 10.2. The summed E-state index contributed by atoms with van der Waals surface area (Å²) in [6.07, 6.45) is 2.85. The van der Waals surface area contributed by atoms with E-state index in [2.05, 4.69) is 15.1 Å². The Balaban J connectivity index is 2.02. The van der Waals surface area contributed by atoms with E-state index in [0.29, 0.717) is 27.7 Å². The van der Waals surface area contributed by atoms with E-state index in [9.17, 15) is 5.11 Å². The fraction of sp³-hybridized carbons (Fsp3) is 0.0714. The molecule has 2 aromatic heterocycles. The molecular formula is C14H10ClN3O3. The van der Waals surface area contributed by atoms with Crippen LogP contribution in [0.15, 0.2) is 41.2 Å². The van der Waals surface area contributed by atoms with Crippen molar-refractivity contribution in [2.24, 2.45) is 0 Å². The minimum absolute atomic E-state index is 0.0244. The van der Waals surface area contributed by atoms with Crippen LogP contribution in [-0.2, 0) is 0 Å². The van der Waals surface area contributed by atoms with Crippen molar-refractivity contribution in [2.75, 3.05) is 7.11 Å². The van der Waals surface area contributed by atoms with Crippen molar-refractivity contribution < 1.29 is 14.4 Å². The van der Waals surface area contributed by atoms with Crippen molar-refractivity contribution in [1.29, 1.82) is 0 Å². The Hall–Kier alpha value is -2.60. The largest absolute Gasteiger partial charge is 0.506 e. The van der Waals surface area contributed by atoms with E-state index in [1.807, 2.05) is 0 Å². The van der Waals surface area contributed by atoms with Crippen LogP contribution in [-0.4, -0.2) is 27.3 Å². The standard InChI is InChI=1S/C14H10ClN3O3/c1-20-12-5-9(15)2-3-11(12)13-17-14(21-18-13)8-4-10(19)7-16-6-8/h2-7,19H,1H3. The molecule has 0 unspecified atom stereocenters. The molecule has 0 amide bonds. The quantitative estimate of drug-likeness (QED) is 0.800. The number of nitrogens with zero attached hydrogens (tertiary/aromatic N) is 3. The molecule has 6 nitrogen and oxygen atoms in total. The second-order valence-electron chi connectivity index (χ2n) is 4.20. The lowest BCUT2D eigenvalue weighted by Gasteiger charge is -2.04. The molecular weight excluding hydrogens is 294 g/mol. The molecule has 0 bridgehead atoms. The summed E-state index contributed by atoms with van der Waals surface area (Å²) in [5.74, 6) is 1.19. The predicted octanol–water partition coefficient (Wildman–Crippen LogP) is 3.17. The number of pyridine rings is 1. The molecule has 0 spiro atoms. The number of ether oxygens (including phenoxy) is 1. The molecule has 0 aliphatic carbocycles. The summed E-state index contributed by atoms with van der Waals surface area (Å²) >= 11 is 5.92. The summed E-state index contributed by atoms with van der Waals surface area (Å²) in [6.45, 7) is 0. The molecule has 0 aliphatic rings. The van der Waals surface area contributed by atoms with E-state index >= 15 is 0 Å². The van der Waals surface area contributed by atoms with Crippen LogP contribution < -0.4 is 4.74 Å². The van der Waals surface area contributed by atoms with Crippen LogP contribution in [0.5, 0.6) is 11.5 Å². The summed E-state index contributed by atoms with van der Waals surface area (Å²) in [4.78, 5) is 8.15. The molecule has 1 N–H and O–H groups in total. The van der Waals surface area contributed by atoms with Gasteiger partial charge in [-0.3, -0.25) is 4.98 Å². The first-order valence-electron chi connectivity index (χ1n) is 5.99. The molecule has 0 atom stereocenters. The van der Waals surface area contributed by atoms with Crippen molar-refractivity contribution >= 4 is 11.6 Å². The van der Waals surface area contributed by atoms with Gasteiger partial charge in [0.2, 0.25) is 5.82 Å². The Morgan fingerprint density at radius 2 is 2.10 bits per heavy atom. The molecule has 2 heterocycles. The van der Waals surface area contributed by atoms with Gasteiger partial charge in [0.05, 0.1) is 24.4 Å². The summed E-state index contributed by atoms with van der Waals surface area (Å²) in [5.41, 5.74) is 1.19. The summed E-state index contributed by atoms with van der Waals surface area (Å²) in [7, 11) is 1.54. The molecule has 0 fully saturated rings. The highest BCUT2D eigenvalue weighted by molar-refractivity contribution is 6.30. The molecule has 1 aromatic carbocycles. The Bertz CT molecular complexity index is 789. The molecule has 0 saturated carbocycles. The van der Waals surface area contributed by atoms with Crippen LogP contribution in [0.25, 0.3) is 22.8 Å². The van der Waals surface area contributed by atoms with Gasteiger partial charge >= 0.3 is 0 Å². The zero-order valence-electron chi connectivity index (χ0n) is 10.9. The Morgan fingerprint density at radius 1 is 1.24 bits per heavy atom. The zero-order valence-corrected chi connectivity index (χ0v) is 11.7. The number of benzene rings is 1. The SMILES string of the molecule is COc1cc(Cl)ccc1-c1noc(-c2cncc(O)c2)n1. The number of halogens is 1. The lowest BCUT2D eigenvalue weighted by atomic mass is 10.2. The van der Waals surface area contributed by atoms with Crippen molar-refractivity contribution in [3.05, 3.63) is 41.7 Å². The third-order valence-corrected chi connectivity index (χ3v) is 3.04. The molecule has 0 radical (unpaired) electrons. The highest BCUT2D eigenvalue weighted by Crippen LogP contribution is 2.32. The number of rotatable bonds is 3. The topological polar surface area (TPSA) is 81.3 Å². The minimum Gasteiger partial charge on any atom is -0.506 e. The highest BCUT2D eigenvalue weighted by Gasteiger charge is 2.15. The fourth-order valence-corrected chi connectivity index (χ4v) is 2.01. The van der Waals surface area contributed by atoms with Gasteiger partial charge in [-0.05, 0) is 24.3 Å². The first-order valence-corrected chi connectivity index (χ1v) is 6.37. The minimum atomic E-state index is 0.0244. The van der Waals surface area contributed by atoms with E-state index in [1.165, 1.54) is 25.6 Å². The van der Waals surface area contributed by atoms with E-state index in [1.54, 1.807) is 18.2 Å². The van der Waals surface area contributed by atoms with Crippen molar-refractivity contribution in [1.82, 2.24) is 15.1 Å². The predicted molar refractivity (Wildman–Crippen MR) is 76.2 cm³/mol. The number of hydrogen-bond acceptors (Lipinski definition) is 6. The fourth-order valence-electron chi connectivity index (χ4n) is 1.84. The van der Waals surface area contributed by atoms with Gasteiger partial charge in [0, 0.05) is 11.2 Å². The van der Waals surface area contributed by atoms with Crippen LogP contribution in [0.2, 0.25) is 5.02 Å². The van der Waals surface area contributed by atoms with Gasteiger partial charge in [0.25, 0.3) is 5.89 Å². The van der Waals surface area contributed by atoms with Crippen molar-refractivity contribution in [3.63, 3.8) is 0 Å². The van der Waals surface area contributed by atoms with Gasteiger partial charge in [0.15, 0.2) is 0 Å². The Kier molecular flexibility index (Phi) is 3.45. The van der Waals surface area contributed by atoms with Gasteiger partial charge in [-0.15, -0.1) is 0 Å². The van der Waals surface area contributed by atoms with Crippen LogP contribution in [0.1, 0.15) is 0 Å². The number of aromatic nitrogens is 3. The van der Waals surface area contributed by atoms with E-state index in [-0.39, 0.29) is 11.6 Å². The molecule has 21 heavy (non-hydrogen) atoms. The summed E-state index contributed by atoms with van der Waals surface area (Å²) in [5, 5.41) is 13.9. The van der Waals surface area contributed by atoms with Crippen LogP contribution >= 0.6 is 11.6 Å². The monoisotopic (exact) mass is 303 g/mol. The van der Waals surface area contributed by atoms with Crippen molar-refractivity contribution in [3.8, 4) is 34.3 Å². The maximum atomic E-state index is 9.42. The lowest BCUT2D eigenvalue weighted by Crippen LogP contribution is -1.89. The molecule has 0 aliphatic heterocycles. The van der Waals surface area contributed by atoms with E-state index in [0.717, 1.165) is 0 Å². The molecule has 3 rings (SSSR count). The molecule has 0 saturated heterocycles. The van der Waals surface area contributed by atoms with Crippen LogP contribution in [0, 0.1) is 0 Å². The third kappa shape index (κ3) is 2.66. The van der Waals surface area contributed by atoms with Gasteiger partial charge in [-0.2, -0.15) is 4.98 Å². The van der Waals surface area contributed by atoms with Gasteiger partial charge < -0.3 is 14.4 Å². The van der Waals surface area contributed by atoms with Gasteiger partial charge in [-0.1, -0.05) is 16.8 Å². The number of hydrogen-bond donors (Lipinski definition) is 1. The summed E-state index contributed by atoms with van der Waals surface area (Å²) in [6, 6.07) is 6.62.